The number of hydrogen-bond acceptors (Lipinski definition) is 3. The van der Waals surface area contributed by atoms with E-state index < -0.39 is 0 Å². The maximum atomic E-state index is 12.5. The van der Waals surface area contributed by atoms with E-state index in [1.807, 2.05) is 42.1 Å². The van der Waals surface area contributed by atoms with E-state index in [9.17, 15) is 4.79 Å². The first-order valence-electron chi connectivity index (χ1n) is 7.31. The maximum absolute atomic E-state index is 12.5. The Morgan fingerprint density at radius 1 is 1.36 bits per heavy atom. The fourth-order valence-electron chi connectivity index (χ4n) is 2.52. The molecule has 2 aromatic heterocycles. The Morgan fingerprint density at radius 3 is 2.91 bits per heavy atom. The first-order chi connectivity index (χ1) is 10.5. The molecule has 0 aliphatic rings. The quantitative estimate of drug-likeness (QED) is 0.777. The number of aromatic nitrogens is 4. The van der Waals surface area contributed by atoms with Crippen LogP contribution in [-0.4, -0.2) is 25.7 Å². The van der Waals surface area contributed by atoms with Gasteiger partial charge >= 0.3 is 0 Å². The van der Waals surface area contributed by atoms with Crippen molar-refractivity contribution in [2.75, 3.05) is 5.32 Å². The number of aromatic amines is 1. The zero-order chi connectivity index (χ0) is 15.7. The number of nitrogens with zero attached hydrogens (tertiary/aromatic N) is 3. The minimum absolute atomic E-state index is 0.202. The third-order valence-electron chi connectivity index (χ3n) is 3.50. The van der Waals surface area contributed by atoms with Gasteiger partial charge in [-0.25, -0.2) is 0 Å². The van der Waals surface area contributed by atoms with Crippen LogP contribution in [0.3, 0.4) is 0 Å². The van der Waals surface area contributed by atoms with E-state index in [4.69, 9.17) is 0 Å². The number of rotatable bonds is 4. The van der Waals surface area contributed by atoms with Gasteiger partial charge in [-0.05, 0) is 12.0 Å². The Bertz CT molecular complexity index is 815. The average Bonchev–Trinajstić information content (AvgIpc) is 3.04. The van der Waals surface area contributed by atoms with Crippen LogP contribution in [0.1, 0.15) is 30.0 Å². The molecule has 0 saturated heterocycles. The number of anilines is 1. The van der Waals surface area contributed by atoms with Gasteiger partial charge in [0.2, 0.25) is 5.95 Å². The van der Waals surface area contributed by atoms with Gasteiger partial charge in [-0.2, -0.15) is 4.98 Å². The van der Waals surface area contributed by atoms with Crippen molar-refractivity contribution in [3.63, 3.8) is 0 Å². The summed E-state index contributed by atoms with van der Waals surface area (Å²) in [6.45, 7) is 4.22. The van der Waals surface area contributed by atoms with Crippen LogP contribution >= 0.6 is 0 Å². The molecule has 22 heavy (non-hydrogen) atoms. The maximum Gasteiger partial charge on any atom is 0.260 e. The molecule has 0 bridgehead atoms. The predicted molar refractivity (Wildman–Crippen MR) is 85.8 cm³/mol. The van der Waals surface area contributed by atoms with Gasteiger partial charge < -0.3 is 4.57 Å². The van der Waals surface area contributed by atoms with Crippen LogP contribution in [0.25, 0.3) is 10.9 Å². The van der Waals surface area contributed by atoms with E-state index in [2.05, 4.69) is 34.3 Å². The highest BCUT2D eigenvalue weighted by Gasteiger charge is 2.15. The molecule has 6 nitrogen and oxygen atoms in total. The Hall–Kier alpha value is -2.63. The monoisotopic (exact) mass is 297 g/mol. The number of para-hydroxylation sites is 1. The molecule has 1 aromatic carbocycles. The van der Waals surface area contributed by atoms with E-state index in [0.717, 1.165) is 23.1 Å². The fourth-order valence-corrected chi connectivity index (χ4v) is 2.52. The molecule has 2 N–H and O–H groups in total. The van der Waals surface area contributed by atoms with E-state index in [1.54, 1.807) is 0 Å². The molecule has 3 aromatic rings. The summed E-state index contributed by atoms with van der Waals surface area (Å²) in [6.07, 6.45) is 2.62. The summed E-state index contributed by atoms with van der Waals surface area (Å²) in [5.41, 5.74) is 1.64. The van der Waals surface area contributed by atoms with Crippen molar-refractivity contribution < 1.29 is 4.79 Å². The van der Waals surface area contributed by atoms with E-state index in [0.29, 0.717) is 17.4 Å². The Labute approximate surface area is 128 Å². The second-order valence-electron chi connectivity index (χ2n) is 5.83. The topological polar surface area (TPSA) is 75.6 Å². The summed E-state index contributed by atoms with van der Waals surface area (Å²) in [7, 11) is 1.92. The Balaban J connectivity index is 1.83. The van der Waals surface area contributed by atoms with E-state index in [-0.39, 0.29) is 5.91 Å². The lowest BCUT2D eigenvalue weighted by Crippen LogP contribution is -2.12. The molecule has 0 atom stereocenters. The molecule has 0 spiro atoms. The largest absolute Gasteiger partial charge is 0.350 e. The molecule has 0 aliphatic carbocycles. The van der Waals surface area contributed by atoms with Gasteiger partial charge in [0.25, 0.3) is 5.91 Å². The highest BCUT2D eigenvalue weighted by molar-refractivity contribution is 6.12. The normalized spacial score (nSPS) is 11.3. The molecule has 6 heteroatoms. The first kappa shape index (κ1) is 14.3. The third-order valence-corrected chi connectivity index (χ3v) is 3.50. The zero-order valence-corrected chi connectivity index (χ0v) is 12.9. The van der Waals surface area contributed by atoms with Gasteiger partial charge in [0.15, 0.2) is 0 Å². The highest BCUT2D eigenvalue weighted by atomic mass is 16.1. The number of hydrogen-bond donors (Lipinski definition) is 2. The lowest BCUT2D eigenvalue weighted by atomic mass is 10.1. The van der Waals surface area contributed by atoms with Gasteiger partial charge in [0, 0.05) is 30.6 Å². The minimum Gasteiger partial charge on any atom is -0.350 e. The summed E-state index contributed by atoms with van der Waals surface area (Å²) in [5, 5.41) is 10.6. The van der Waals surface area contributed by atoms with Gasteiger partial charge in [0.1, 0.15) is 5.82 Å². The molecule has 0 aliphatic heterocycles. The molecule has 0 radical (unpaired) electrons. The van der Waals surface area contributed by atoms with Crippen LogP contribution in [0, 0.1) is 5.92 Å². The third kappa shape index (κ3) is 2.72. The smallest absolute Gasteiger partial charge is 0.260 e. The average molecular weight is 297 g/mol. The summed E-state index contributed by atoms with van der Waals surface area (Å²) < 4.78 is 1.94. The molecule has 114 valence electrons. The Morgan fingerprint density at radius 2 is 2.14 bits per heavy atom. The van der Waals surface area contributed by atoms with Gasteiger partial charge in [-0.15, -0.1) is 5.10 Å². The van der Waals surface area contributed by atoms with Crippen LogP contribution in [-0.2, 0) is 13.5 Å². The van der Waals surface area contributed by atoms with Crippen LogP contribution < -0.4 is 5.32 Å². The number of H-pyrrole nitrogens is 1. The van der Waals surface area contributed by atoms with Crippen molar-refractivity contribution in [2.24, 2.45) is 13.0 Å². The van der Waals surface area contributed by atoms with Gasteiger partial charge in [-0.1, -0.05) is 32.0 Å². The fraction of sp³-hybridized carbons (Fsp3) is 0.312. The molecule has 2 heterocycles. The number of amides is 1. The SMILES string of the molecule is CC(C)Cc1nc(NC(=O)c2cn(C)c3ccccc23)n[nH]1. The van der Waals surface area contributed by atoms with Crippen LogP contribution in [0.4, 0.5) is 5.95 Å². The van der Waals surface area contributed by atoms with E-state index >= 15 is 0 Å². The van der Waals surface area contributed by atoms with Crippen molar-refractivity contribution in [2.45, 2.75) is 20.3 Å². The zero-order valence-electron chi connectivity index (χ0n) is 12.9. The Kier molecular flexibility index (Phi) is 3.66. The molecule has 1 amide bonds. The van der Waals surface area contributed by atoms with Crippen molar-refractivity contribution in [1.82, 2.24) is 19.7 Å². The highest BCUT2D eigenvalue weighted by Crippen LogP contribution is 2.21. The van der Waals surface area contributed by atoms with Crippen molar-refractivity contribution in [1.29, 1.82) is 0 Å². The molecule has 0 fully saturated rings. The predicted octanol–water partition coefficient (Wildman–Crippen LogP) is 2.75. The molecular weight excluding hydrogens is 278 g/mol. The number of benzene rings is 1. The number of aryl methyl sites for hydroxylation is 1. The standard InChI is InChI=1S/C16H19N5O/c1-10(2)8-14-17-16(20-19-14)18-15(22)12-9-21(3)13-7-5-4-6-11(12)13/h4-7,9-10H,8H2,1-3H3,(H2,17,18,19,20,22). The van der Waals surface area contributed by atoms with Gasteiger partial charge in [0.05, 0.1) is 5.56 Å². The van der Waals surface area contributed by atoms with Crippen molar-refractivity contribution in [3.8, 4) is 0 Å². The number of carbonyl (C=O) groups excluding carboxylic acids is 1. The first-order valence-corrected chi connectivity index (χ1v) is 7.31. The van der Waals surface area contributed by atoms with Crippen LogP contribution in [0.5, 0.6) is 0 Å². The summed E-state index contributed by atoms with van der Waals surface area (Å²) in [6, 6.07) is 7.80. The van der Waals surface area contributed by atoms with Crippen LogP contribution in [0.15, 0.2) is 30.5 Å². The number of fused-ring (bicyclic) bond motifs is 1. The summed E-state index contributed by atoms with van der Waals surface area (Å²) in [4.78, 5) is 16.8. The lowest BCUT2D eigenvalue weighted by Gasteiger charge is -1.99. The van der Waals surface area contributed by atoms with Crippen molar-refractivity contribution >= 4 is 22.8 Å². The minimum atomic E-state index is -0.202. The summed E-state index contributed by atoms with van der Waals surface area (Å²) >= 11 is 0. The lowest BCUT2D eigenvalue weighted by molar-refractivity contribution is 0.102. The van der Waals surface area contributed by atoms with Gasteiger partial charge in [-0.3, -0.25) is 15.2 Å². The summed E-state index contributed by atoms with van der Waals surface area (Å²) in [5.74, 6) is 1.37. The van der Waals surface area contributed by atoms with Crippen LogP contribution in [0.2, 0.25) is 0 Å². The molecule has 3 rings (SSSR count). The van der Waals surface area contributed by atoms with Crippen molar-refractivity contribution in [3.05, 3.63) is 41.9 Å². The number of carbonyl (C=O) groups is 1. The second-order valence-corrected chi connectivity index (χ2v) is 5.83. The number of nitrogens with one attached hydrogen (secondary N) is 2. The molecule has 0 unspecified atom stereocenters. The molecule has 0 saturated carbocycles. The molecular formula is C16H19N5O. The van der Waals surface area contributed by atoms with E-state index in [1.165, 1.54) is 0 Å². The second kappa shape index (κ2) is 5.63.